The summed E-state index contributed by atoms with van der Waals surface area (Å²) in [7, 11) is 0. The fourth-order valence-corrected chi connectivity index (χ4v) is 2.39. The molecule has 0 aliphatic heterocycles. The highest BCUT2D eigenvalue weighted by molar-refractivity contribution is 5.68. The predicted molar refractivity (Wildman–Crippen MR) is 80.9 cm³/mol. The van der Waals surface area contributed by atoms with Crippen LogP contribution in [-0.2, 0) is 0 Å². The average molecular weight is 291 g/mol. The number of benzene rings is 2. The van der Waals surface area contributed by atoms with Crippen LogP contribution in [0.2, 0.25) is 0 Å². The molecule has 2 rings (SSSR count). The highest BCUT2D eigenvalue weighted by Crippen LogP contribution is 2.34. The summed E-state index contributed by atoms with van der Waals surface area (Å²) in [5.74, 6) is -0.725. The van der Waals surface area contributed by atoms with Gasteiger partial charge < -0.3 is 10.0 Å². The van der Waals surface area contributed by atoms with E-state index in [1.165, 1.54) is 12.1 Å². The minimum absolute atomic E-state index is 0.349. The third-order valence-electron chi connectivity index (χ3n) is 3.51. The van der Waals surface area contributed by atoms with Gasteiger partial charge in [-0.2, -0.15) is 0 Å². The standard InChI is InChI=1S/C17H19F2NO/c1-4-20(16-8-6-5-7-14(16)18)17-9-11(2)15(19)10-13(17)12(3)21/h5-10,12,21H,4H2,1-3H3/t12-/m1/s1. The third-order valence-corrected chi connectivity index (χ3v) is 3.51. The van der Waals surface area contributed by atoms with Crippen molar-refractivity contribution in [2.45, 2.75) is 26.9 Å². The van der Waals surface area contributed by atoms with Gasteiger partial charge in [-0.25, -0.2) is 8.78 Å². The van der Waals surface area contributed by atoms with Crippen molar-refractivity contribution >= 4 is 11.4 Å². The van der Waals surface area contributed by atoms with E-state index in [0.29, 0.717) is 29.0 Å². The zero-order chi connectivity index (χ0) is 15.6. The first kappa shape index (κ1) is 15.4. The van der Waals surface area contributed by atoms with Gasteiger partial charge in [-0.15, -0.1) is 0 Å². The second-order valence-corrected chi connectivity index (χ2v) is 5.03. The Balaban J connectivity index is 2.62. The molecule has 2 nitrogen and oxygen atoms in total. The van der Waals surface area contributed by atoms with E-state index < -0.39 is 6.10 Å². The van der Waals surface area contributed by atoms with E-state index in [9.17, 15) is 13.9 Å². The molecule has 0 aliphatic carbocycles. The molecule has 0 radical (unpaired) electrons. The summed E-state index contributed by atoms with van der Waals surface area (Å²) in [5, 5.41) is 9.89. The topological polar surface area (TPSA) is 23.5 Å². The third kappa shape index (κ3) is 3.05. The Morgan fingerprint density at radius 3 is 2.33 bits per heavy atom. The van der Waals surface area contributed by atoms with Crippen molar-refractivity contribution in [3.8, 4) is 0 Å². The zero-order valence-corrected chi connectivity index (χ0v) is 12.4. The summed E-state index contributed by atoms with van der Waals surface area (Å²) in [5.41, 5.74) is 1.94. The fraction of sp³-hybridized carbons (Fsp3) is 0.294. The largest absolute Gasteiger partial charge is 0.389 e. The van der Waals surface area contributed by atoms with Crippen LogP contribution in [0.4, 0.5) is 20.2 Å². The van der Waals surface area contributed by atoms with E-state index in [1.807, 2.05) is 6.92 Å². The molecule has 4 heteroatoms. The molecule has 1 atom stereocenters. The van der Waals surface area contributed by atoms with E-state index in [2.05, 4.69) is 0 Å². The number of anilines is 2. The van der Waals surface area contributed by atoms with Crippen LogP contribution in [-0.4, -0.2) is 11.7 Å². The SMILES string of the molecule is CCN(c1ccccc1F)c1cc(C)c(F)cc1[C@@H](C)O. The first-order valence-electron chi connectivity index (χ1n) is 6.95. The Hall–Kier alpha value is -1.94. The molecule has 0 amide bonds. The normalized spacial score (nSPS) is 12.3. The molecule has 0 spiro atoms. The first-order valence-corrected chi connectivity index (χ1v) is 6.95. The number of nitrogens with zero attached hydrogens (tertiary/aromatic N) is 1. The minimum atomic E-state index is -0.837. The van der Waals surface area contributed by atoms with Gasteiger partial charge in [-0.3, -0.25) is 0 Å². The lowest BCUT2D eigenvalue weighted by Gasteiger charge is -2.27. The quantitative estimate of drug-likeness (QED) is 0.897. The Morgan fingerprint density at radius 2 is 1.76 bits per heavy atom. The smallest absolute Gasteiger partial charge is 0.146 e. The van der Waals surface area contributed by atoms with Gasteiger partial charge in [0.1, 0.15) is 11.6 Å². The van der Waals surface area contributed by atoms with Crippen molar-refractivity contribution in [2.75, 3.05) is 11.4 Å². The number of aliphatic hydroxyl groups is 1. The van der Waals surface area contributed by atoms with E-state index in [4.69, 9.17) is 0 Å². The van der Waals surface area contributed by atoms with Crippen molar-refractivity contribution in [3.05, 3.63) is 59.2 Å². The van der Waals surface area contributed by atoms with Crippen molar-refractivity contribution in [1.29, 1.82) is 0 Å². The van der Waals surface area contributed by atoms with Crippen LogP contribution in [0.3, 0.4) is 0 Å². The lowest BCUT2D eigenvalue weighted by atomic mass is 10.0. The number of hydrogen-bond donors (Lipinski definition) is 1. The highest BCUT2D eigenvalue weighted by atomic mass is 19.1. The molecule has 0 aromatic heterocycles. The Morgan fingerprint density at radius 1 is 1.10 bits per heavy atom. The molecule has 2 aromatic rings. The maximum Gasteiger partial charge on any atom is 0.146 e. The van der Waals surface area contributed by atoms with E-state index in [1.54, 1.807) is 43.0 Å². The maximum absolute atomic E-state index is 14.0. The van der Waals surface area contributed by atoms with Crippen LogP contribution in [0.25, 0.3) is 0 Å². The van der Waals surface area contributed by atoms with Gasteiger partial charge in [0.05, 0.1) is 11.8 Å². The monoisotopic (exact) mass is 291 g/mol. The second kappa shape index (κ2) is 6.22. The van der Waals surface area contributed by atoms with Crippen molar-refractivity contribution in [3.63, 3.8) is 0 Å². The number of rotatable bonds is 4. The first-order chi connectivity index (χ1) is 9.95. The van der Waals surface area contributed by atoms with Gasteiger partial charge in [0.2, 0.25) is 0 Å². The summed E-state index contributed by atoms with van der Waals surface area (Å²) in [4.78, 5) is 1.74. The minimum Gasteiger partial charge on any atom is -0.389 e. The van der Waals surface area contributed by atoms with Crippen LogP contribution in [0.5, 0.6) is 0 Å². The molecule has 0 bridgehead atoms. The Bertz CT molecular complexity index is 641. The van der Waals surface area contributed by atoms with Crippen LogP contribution in [0.15, 0.2) is 36.4 Å². The van der Waals surface area contributed by atoms with E-state index in [0.717, 1.165) is 0 Å². The molecule has 2 aromatic carbocycles. The number of para-hydroxylation sites is 1. The van der Waals surface area contributed by atoms with Gasteiger partial charge in [-0.05, 0) is 50.6 Å². The van der Waals surface area contributed by atoms with Crippen LogP contribution in [0, 0.1) is 18.6 Å². The van der Waals surface area contributed by atoms with Crippen LogP contribution < -0.4 is 4.90 Å². The lowest BCUT2D eigenvalue weighted by molar-refractivity contribution is 0.199. The molecular formula is C17H19F2NO. The van der Waals surface area contributed by atoms with Crippen molar-refractivity contribution in [1.82, 2.24) is 0 Å². The summed E-state index contributed by atoms with van der Waals surface area (Å²) in [6, 6.07) is 9.39. The molecule has 0 unspecified atom stereocenters. The summed E-state index contributed by atoms with van der Waals surface area (Å²) in [6.07, 6.45) is -0.837. The van der Waals surface area contributed by atoms with Crippen LogP contribution >= 0.6 is 0 Å². The summed E-state index contributed by atoms with van der Waals surface area (Å²) >= 11 is 0. The fourth-order valence-electron chi connectivity index (χ4n) is 2.39. The average Bonchev–Trinajstić information content (AvgIpc) is 2.44. The Kier molecular flexibility index (Phi) is 4.58. The number of aliphatic hydroxyl groups excluding tert-OH is 1. The van der Waals surface area contributed by atoms with E-state index >= 15 is 0 Å². The van der Waals surface area contributed by atoms with Gasteiger partial charge >= 0.3 is 0 Å². The number of aryl methyl sites for hydroxylation is 1. The second-order valence-electron chi connectivity index (χ2n) is 5.03. The molecule has 1 N–H and O–H groups in total. The predicted octanol–water partition coefficient (Wildman–Crippen LogP) is 4.48. The summed E-state index contributed by atoms with van der Waals surface area (Å²) < 4.78 is 27.8. The molecule has 0 saturated carbocycles. The van der Waals surface area contributed by atoms with Crippen LogP contribution in [0.1, 0.15) is 31.1 Å². The van der Waals surface area contributed by atoms with Gasteiger partial charge in [-0.1, -0.05) is 12.1 Å². The highest BCUT2D eigenvalue weighted by Gasteiger charge is 2.19. The lowest BCUT2D eigenvalue weighted by Crippen LogP contribution is -2.20. The maximum atomic E-state index is 14.0. The Labute approximate surface area is 123 Å². The van der Waals surface area contributed by atoms with E-state index in [-0.39, 0.29) is 11.6 Å². The summed E-state index contributed by atoms with van der Waals surface area (Å²) in [6.45, 7) is 5.62. The molecular weight excluding hydrogens is 272 g/mol. The zero-order valence-electron chi connectivity index (χ0n) is 12.4. The molecule has 0 aliphatic rings. The number of hydrogen-bond acceptors (Lipinski definition) is 2. The van der Waals surface area contributed by atoms with Gasteiger partial charge in [0.25, 0.3) is 0 Å². The molecule has 0 saturated heterocycles. The van der Waals surface area contributed by atoms with Gasteiger partial charge in [0, 0.05) is 17.8 Å². The molecule has 21 heavy (non-hydrogen) atoms. The molecule has 0 fully saturated rings. The number of halogens is 2. The van der Waals surface area contributed by atoms with Crippen molar-refractivity contribution < 1.29 is 13.9 Å². The van der Waals surface area contributed by atoms with Gasteiger partial charge in [0.15, 0.2) is 0 Å². The molecule has 112 valence electrons. The molecule has 0 heterocycles. The van der Waals surface area contributed by atoms with Crippen molar-refractivity contribution in [2.24, 2.45) is 0 Å².